The van der Waals surface area contributed by atoms with Gasteiger partial charge in [-0.15, -0.1) is 0 Å². The van der Waals surface area contributed by atoms with E-state index in [0.29, 0.717) is 11.1 Å². The van der Waals surface area contributed by atoms with Gasteiger partial charge in [-0.3, -0.25) is 9.59 Å². The van der Waals surface area contributed by atoms with Crippen LogP contribution in [0.5, 0.6) is 23.0 Å². The number of carbonyl (C=O) groups excluding carboxylic acids is 3. The minimum Gasteiger partial charge on any atom is -0.504 e. The van der Waals surface area contributed by atoms with Crippen LogP contribution in [0.15, 0.2) is 54.1 Å². The Bertz CT molecular complexity index is 970. The summed E-state index contributed by atoms with van der Waals surface area (Å²) >= 11 is 0. The van der Waals surface area contributed by atoms with Crippen LogP contribution in [0.25, 0.3) is 12.2 Å². The highest BCUT2D eigenvalue weighted by molar-refractivity contribution is 6.33. The van der Waals surface area contributed by atoms with Crippen LogP contribution in [-0.4, -0.2) is 41.9 Å². The molecule has 0 spiro atoms. The van der Waals surface area contributed by atoms with Gasteiger partial charge in [0.25, 0.3) is 0 Å². The Kier molecular flexibility index (Phi) is 8.78. The topological polar surface area (TPSA) is 145 Å². The Hall–Kier alpha value is -4.13. The molecule has 0 aliphatic rings. The van der Waals surface area contributed by atoms with Crippen molar-refractivity contribution in [3.63, 3.8) is 0 Å². The fraction of sp³-hybridized carbons (Fsp3) is 0.0909. The second kappa shape index (κ2) is 11.0. The minimum absolute atomic E-state index is 0. The fourth-order valence-electron chi connectivity index (χ4n) is 2.33. The Morgan fingerprint density at radius 2 is 1.23 bits per heavy atom. The molecule has 2 aromatic rings. The average Bonchev–Trinajstić information content (AvgIpc) is 2.73. The first-order valence-electron chi connectivity index (χ1n) is 8.33. The molecule has 5 N–H and O–H groups in total. The van der Waals surface area contributed by atoms with Crippen LogP contribution in [0.1, 0.15) is 11.1 Å². The van der Waals surface area contributed by atoms with Crippen molar-refractivity contribution in [3.05, 3.63) is 65.3 Å². The van der Waals surface area contributed by atoms with E-state index in [1.807, 2.05) is 0 Å². The van der Waals surface area contributed by atoms with E-state index < -0.39 is 17.1 Å². The summed E-state index contributed by atoms with van der Waals surface area (Å²) in [6.45, 7) is 0. The summed E-state index contributed by atoms with van der Waals surface area (Å²) < 4.78 is 9.95. The van der Waals surface area contributed by atoms with Crippen molar-refractivity contribution in [2.24, 2.45) is 0 Å². The van der Waals surface area contributed by atoms with Crippen molar-refractivity contribution in [2.75, 3.05) is 14.2 Å². The highest BCUT2D eigenvalue weighted by Crippen LogP contribution is 2.27. The Balaban J connectivity index is 0.00000450. The van der Waals surface area contributed by atoms with Crippen LogP contribution in [-0.2, 0) is 14.4 Å². The molecule has 156 valence electrons. The lowest BCUT2D eigenvalue weighted by Gasteiger charge is -2.03. The van der Waals surface area contributed by atoms with E-state index in [1.54, 1.807) is 0 Å². The molecule has 8 nitrogen and oxygen atoms in total. The summed E-state index contributed by atoms with van der Waals surface area (Å²) in [5, 5.41) is 19.1. The number of hydrogen-bond acceptors (Lipinski definition) is 8. The lowest BCUT2D eigenvalue weighted by molar-refractivity contribution is -0.116. The van der Waals surface area contributed by atoms with E-state index >= 15 is 0 Å². The number of methoxy groups -OCH3 is 2. The van der Waals surface area contributed by atoms with Crippen LogP contribution >= 0.6 is 0 Å². The Morgan fingerprint density at radius 3 is 1.57 bits per heavy atom. The van der Waals surface area contributed by atoms with Crippen molar-refractivity contribution in [1.29, 1.82) is 0 Å². The van der Waals surface area contributed by atoms with Gasteiger partial charge in [0, 0.05) is 0 Å². The molecule has 0 aliphatic heterocycles. The van der Waals surface area contributed by atoms with E-state index in [0.717, 1.165) is 12.2 Å². The third kappa shape index (κ3) is 5.93. The maximum atomic E-state index is 12.2. The summed E-state index contributed by atoms with van der Waals surface area (Å²) in [4.78, 5) is 35.5. The molecule has 0 fully saturated rings. The molecule has 8 heteroatoms. The predicted octanol–water partition coefficient (Wildman–Crippen LogP) is 2.90. The van der Waals surface area contributed by atoms with Gasteiger partial charge in [-0.05, 0) is 47.5 Å². The largest absolute Gasteiger partial charge is 0.504 e. The quantitative estimate of drug-likeness (QED) is 0.260. The molecule has 0 aromatic heterocycles. The van der Waals surface area contributed by atoms with E-state index in [9.17, 15) is 24.6 Å². The normalized spacial score (nSPS) is 10.3. The van der Waals surface area contributed by atoms with Crippen LogP contribution in [0.4, 0.5) is 0 Å². The number of ether oxygens (including phenoxy) is 2. The van der Waals surface area contributed by atoms with Gasteiger partial charge in [-0.25, -0.2) is 4.79 Å². The Morgan fingerprint density at radius 1 is 0.833 bits per heavy atom. The molecule has 0 saturated carbocycles. The lowest BCUT2D eigenvalue weighted by atomic mass is 10.1. The number of allylic oxidation sites excluding steroid dienone is 3. The second-order valence-electron chi connectivity index (χ2n) is 5.73. The van der Waals surface area contributed by atoms with Crippen LogP contribution in [0.3, 0.4) is 0 Å². The lowest BCUT2D eigenvalue weighted by Crippen LogP contribution is -2.09. The monoisotopic (exact) mass is 411 g/mol. The molecule has 0 saturated heterocycles. The SMILES string of the molecule is COc1cc(/C=C/C(=O)C(=C=O)C(=O)/C=C/c2ccc(O)c(OC)c2)ccc1O.N. The number of carbonyl (C=O) groups is 2. The third-order valence-electron chi connectivity index (χ3n) is 3.86. The van der Waals surface area contributed by atoms with Crippen molar-refractivity contribution in [1.82, 2.24) is 6.15 Å². The van der Waals surface area contributed by atoms with E-state index in [-0.39, 0.29) is 29.1 Å². The molecule has 0 aliphatic carbocycles. The summed E-state index contributed by atoms with van der Waals surface area (Å²) in [6.07, 6.45) is 4.87. The van der Waals surface area contributed by atoms with Crippen molar-refractivity contribution in [3.8, 4) is 23.0 Å². The summed E-state index contributed by atoms with van der Waals surface area (Å²) in [5.41, 5.74) is 0.392. The van der Waals surface area contributed by atoms with Crippen molar-refractivity contribution in [2.45, 2.75) is 0 Å². The molecule has 30 heavy (non-hydrogen) atoms. The number of benzene rings is 2. The maximum Gasteiger partial charge on any atom is 0.200 e. The number of phenolic OH excluding ortho intramolecular Hbond substituents is 2. The molecule has 0 heterocycles. The first-order chi connectivity index (χ1) is 13.9. The van der Waals surface area contributed by atoms with Crippen molar-refractivity contribution < 1.29 is 34.1 Å². The Labute approximate surface area is 173 Å². The third-order valence-corrected chi connectivity index (χ3v) is 3.86. The second-order valence-corrected chi connectivity index (χ2v) is 5.73. The number of ketones is 2. The summed E-state index contributed by atoms with van der Waals surface area (Å²) in [6, 6.07) is 8.82. The first-order valence-corrected chi connectivity index (χ1v) is 8.33. The zero-order chi connectivity index (χ0) is 21.4. The standard InChI is InChI=1S/C22H18O7.H3N/c1-28-21-11-14(5-9-19(21)26)3-7-17(24)16(13-23)18(25)8-4-15-6-10-20(27)22(12-15)29-2;/h3-12,26-27H,1-2H3;1H3/b7-3+,8-4+;. The summed E-state index contributed by atoms with van der Waals surface area (Å²) in [5.74, 6) is 0.0578. The van der Waals surface area contributed by atoms with Gasteiger partial charge in [0.2, 0.25) is 11.6 Å². The number of hydrogen-bond donors (Lipinski definition) is 3. The van der Waals surface area contributed by atoms with Gasteiger partial charge in [0.05, 0.1) is 14.2 Å². The molecule has 2 rings (SSSR count). The molecule has 0 amide bonds. The highest BCUT2D eigenvalue weighted by atomic mass is 16.5. The predicted molar refractivity (Wildman–Crippen MR) is 112 cm³/mol. The molecule has 0 radical (unpaired) electrons. The molecular weight excluding hydrogens is 390 g/mol. The van der Waals surface area contributed by atoms with Crippen LogP contribution in [0, 0.1) is 0 Å². The van der Waals surface area contributed by atoms with E-state index in [2.05, 4.69) is 0 Å². The smallest absolute Gasteiger partial charge is 0.200 e. The van der Waals surface area contributed by atoms with E-state index in [4.69, 9.17) is 9.47 Å². The maximum absolute atomic E-state index is 12.2. The number of aromatic hydroxyl groups is 2. The van der Waals surface area contributed by atoms with Gasteiger partial charge < -0.3 is 25.8 Å². The molecule has 2 aromatic carbocycles. The molecule has 0 bridgehead atoms. The highest BCUT2D eigenvalue weighted by Gasteiger charge is 2.15. The van der Waals surface area contributed by atoms with E-state index in [1.165, 1.54) is 68.7 Å². The van der Waals surface area contributed by atoms with Crippen molar-refractivity contribution >= 4 is 29.7 Å². The minimum atomic E-state index is -0.815. The average molecular weight is 411 g/mol. The molecule has 0 unspecified atom stereocenters. The number of rotatable bonds is 8. The zero-order valence-corrected chi connectivity index (χ0v) is 16.4. The van der Waals surface area contributed by atoms with Gasteiger partial charge in [-0.2, -0.15) is 0 Å². The fourth-order valence-corrected chi connectivity index (χ4v) is 2.33. The summed E-state index contributed by atoms with van der Waals surface area (Å²) in [7, 11) is 2.77. The molecular formula is C22H21NO7. The van der Waals surface area contributed by atoms with Gasteiger partial charge in [-0.1, -0.05) is 24.3 Å². The number of phenols is 2. The van der Waals surface area contributed by atoms with Crippen LogP contribution in [0.2, 0.25) is 0 Å². The van der Waals surface area contributed by atoms with Gasteiger partial charge in [0.1, 0.15) is 5.94 Å². The zero-order valence-electron chi connectivity index (χ0n) is 16.4. The van der Waals surface area contributed by atoms with Gasteiger partial charge >= 0.3 is 0 Å². The van der Waals surface area contributed by atoms with Gasteiger partial charge in [0.15, 0.2) is 28.6 Å². The first kappa shape index (κ1) is 23.9. The van der Waals surface area contributed by atoms with Crippen LogP contribution < -0.4 is 15.6 Å². The molecule has 0 atom stereocenters.